The van der Waals surface area contributed by atoms with Crippen molar-refractivity contribution in [2.45, 2.75) is 6.92 Å². The van der Waals surface area contributed by atoms with E-state index in [-0.39, 0.29) is 27.4 Å². The molecule has 0 heterocycles. The highest BCUT2D eigenvalue weighted by Gasteiger charge is 2.31. The number of phenols is 1. The van der Waals surface area contributed by atoms with Crippen molar-refractivity contribution in [2.75, 3.05) is 14.2 Å². The number of rotatable bonds is 4. The fourth-order valence-corrected chi connectivity index (χ4v) is 2.75. The highest BCUT2D eigenvalue weighted by Crippen LogP contribution is 2.42. The van der Waals surface area contributed by atoms with Gasteiger partial charge in [0.2, 0.25) is 0 Å². The SMILES string of the molecule is COC(=O)c1c(O)c(C)c(Cl)c(-c2ccc([N+](=O)[O-])cc2)c1C(=O)OC. The van der Waals surface area contributed by atoms with Gasteiger partial charge in [-0.25, -0.2) is 9.59 Å². The molecule has 0 unspecified atom stereocenters. The van der Waals surface area contributed by atoms with Gasteiger partial charge in [0.05, 0.1) is 29.7 Å². The quantitative estimate of drug-likeness (QED) is 0.490. The van der Waals surface area contributed by atoms with Crippen LogP contribution in [-0.4, -0.2) is 36.2 Å². The Labute approximate surface area is 153 Å². The number of hydrogen-bond donors (Lipinski definition) is 1. The molecule has 0 saturated heterocycles. The highest BCUT2D eigenvalue weighted by atomic mass is 35.5. The molecule has 0 bridgehead atoms. The number of benzene rings is 2. The maximum atomic E-state index is 12.3. The third kappa shape index (κ3) is 3.18. The van der Waals surface area contributed by atoms with Gasteiger partial charge >= 0.3 is 11.9 Å². The lowest BCUT2D eigenvalue weighted by Gasteiger charge is -2.18. The van der Waals surface area contributed by atoms with E-state index in [4.69, 9.17) is 16.3 Å². The molecule has 0 atom stereocenters. The molecular weight excluding hydrogens is 366 g/mol. The molecule has 136 valence electrons. The Morgan fingerprint density at radius 3 is 2.04 bits per heavy atom. The lowest BCUT2D eigenvalue weighted by molar-refractivity contribution is -0.384. The van der Waals surface area contributed by atoms with Gasteiger partial charge in [0, 0.05) is 23.3 Å². The average Bonchev–Trinajstić information content (AvgIpc) is 2.64. The van der Waals surface area contributed by atoms with Crippen LogP contribution < -0.4 is 0 Å². The third-order valence-electron chi connectivity index (χ3n) is 3.79. The minimum Gasteiger partial charge on any atom is -0.507 e. The number of methoxy groups -OCH3 is 2. The zero-order chi connectivity index (χ0) is 19.6. The minimum absolute atomic E-state index is 0.00408. The second-order valence-electron chi connectivity index (χ2n) is 5.20. The molecule has 2 aromatic rings. The number of halogens is 1. The fourth-order valence-electron chi connectivity index (χ4n) is 2.46. The van der Waals surface area contributed by atoms with E-state index in [9.17, 15) is 24.8 Å². The van der Waals surface area contributed by atoms with Crippen molar-refractivity contribution in [2.24, 2.45) is 0 Å². The van der Waals surface area contributed by atoms with E-state index in [0.29, 0.717) is 5.56 Å². The summed E-state index contributed by atoms with van der Waals surface area (Å²) in [6, 6.07) is 5.21. The normalized spacial score (nSPS) is 10.3. The van der Waals surface area contributed by atoms with Crippen LogP contribution in [0.3, 0.4) is 0 Å². The van der Waals surface area contributed by atoms with E-state index in [2.05, 4.69) is 4.74 Å². The maximum absolute atomic E-state index is 12.3. The molecule has 8 nitrogen and oxygen atoms in total. The van der Waals surface area contributed by atoms with Gasteiger partial charge in [0.1, 0.15) is 11.3 Å². The van der Waals surface area contributed by atoms with E-state index >= 15 is 0 Å². The van der Waals surface area contributed by atoms with E-state index in [1.165, 1.54) is 31.2 Å². The average molecular weight is 380 g/mol. The van der Waals surface area contributed by atoms with Gasteiger partial charge in [-0.2, -0.15) is 0 Å². The molecule has 0 aliphatic rings. The van der Waals surface area contributed by atoms with Crippen LogP contribution in [-0.2, 0) is 9.47 Å². The molecule has 0 spiro atoms. The van der Waals surface area contributed by atoms with Crippen LogP contribution in [0, 0.1) is 17.0 Å². The van der Waals surface area contributed by atoms with Gasteiger partial charge < -0.3 is 14.6 Å². The van der Waals surface area contributed by atoms with Crippen LogP contribution in [0.4, 0.5) is 5.69 Å². The number of aromatic hydroxyl groups is 1. The molecule has 2 rings (SSSR count). The Hall–Kier alpha value is -3.13. The molecule has 2 aromatic carbocycles. The summed E-state index contributed by atoms with van der Waals surface area (Å²) in [5, 5.41) is 21.1. The summed E-state index contributed by atoms with van der Waals surface area (Å²) < 4.78 is 9.37. The molecule has 9 heteroatoms. The molecule has 0 fully saturated rings. The number of nitro groups is 1. The van der Waals surface area contributed by atoms with Crippen molar-refractivity contribution in [3.63, 3.8) is 0 Å². The lowest BCUT2D eigenvalue weighted by atomic mass is 9.91. The minimum atomic E-state index is -0.953. The summed E-state index contributed by atoms with van der Waals surface area (Å²) >= 11 is 6.31. The maximum Gasteiger partial charge on any atom is 0.342 e. The van der Waals surface area contributed by atoms with Crippen molar-refractivity contribution in [3.8, 4) is 16.9 Å². The number of phenolic OH excluding ortho intramolecular Hbond substituents is 1. The fraction of sp³-hybridized carbons (Fsp3) is 0.176. The predicted octanol–water partition coefficient (Wildman–Crippen LogP) is 3.50. The molecule has 0 saturated carbocycles. The van der Waals surface area contributed by atoms with Crippen molar-refractivity contribution in [3.05, 3.63) is 56.1 Å². The van der Waals surface area contributed by atoms with Gasteiger partial charge in [-0.15, -0.1) is 0 Å². The zero-order valence-electron chi connectivity index (χ0n) is 14.0. The van der Waals surface area contributed by atoms with Crippen molar-refractivity contribution in [1.82, 2.24) is 0 Å². The van der Waals surface area contributed by atoms with Gasteiger partial charge in [-0.1, -0.05) is 11.6 Å². The molecule has 0 aromatic heterocycles. The molecule has 0 aliphatic carbocycles. The topological polar surface area (TPSA) is 116 Å². The highest BCUT2D eigenvalue weighted by molar-refractivity contribution is 6.36. The van der Waals surface area contributed by atoms with Crippen molar-refractivity contribution in [1.29, 1.82) is 0 Å². The third-order valence-corrected chi connectivity index (χ3v) is 4.26. The number of non-ortho nitro benzene ring substituents is 1. The van der Waals surface area contributed by atoms with Crippen LogP contribution in [0.15, 0.2) is 24.3 Å². The smallest absolute Gasteiger partial charge is 0.342 e. The van der Waals surface area contributed by atoms with Crippen molar-refractivity contribution >= 4 is 29.2 Å². The largest absolute Gasteiger partial charge is 0.507 e. The Bertz CT molecular complexity index is 907. The molecule has 0 aliphatic heterocycles. The molecule has 0 radical (unpaired) electrons. The first-order chi connectivity index (χ1) is 12.2. The zero-order valence-corrected chi connectivity index (χ0v) is 14.8. The number of nitro benzene ring substituents is 1. The molecular formula is C17H14ClNO7. The Balaban J connectivity index is 2.91. The van der Waals surface area contributed by atoms with Crippen LogP contribution in [0.2, 0.25) is 5.02 Å². The summed E-state index contributed by atoms with van der Waals surface area (Å²) in [5.74, 6) is -2.38. The van der Waals surface area contributed by atoms with Crippen LogP contribution in [0.1, 0.15) is 26.3 Å². The Kier molecular flexibility index (Phi) is 5.47. The van der Waals surface area contributed by atoms with Crippen LogP contribution >= 0.6 is 11.6 Å². The number of carbonyl (C=O) groups is 2. The van der Waals surface area contributed by atoms with Gasteiger partial charge in [-0.05, 0) is 24.6 Å². The van der Waals surface area contributed by atoms with Gasteiger partial charge in [-0.3, -0.25) is 10.1 Å². The van der Waals surface area contributed by atoms with E-state index < -0.39 is 28.2 Å². The molecule has 0 amide bonds. The first kappa shape index (κ1) is 19.2. The summed E-state index contributed by atoms with van der Waals surface area (Å²) in [5.41, 5.74) is -0.268. The van der Waals surface area contributed by atoms with Crippen LogP contribution in [0.25, 0.3) is 11.1 Å². The Morgan fingerprint density at radius 2 is 1.58 bits per heavy atom. The van der Waals surface area contributed by atoms with Gasteiger partial charge in [0.25, 0.3) is 5.69 Å². The lowest BCUT2D eigenvalue weighted by Crippen LogP contribution is -2.15. The van der Waals surface area contributed by atoms with E-state index in [1.807, 2.05) is 0 Å². The molecule has 26 heavy (non-hydrogen) atoms. The van der Waals surface area contributed by atoms with E-state index in [0.717, 1.165) is 14.2 Å². The summed E-state index contributed by atoms with van der Waals surface area (Å²) in [6.07, 6.45) is 0. The van der Waals surface area contributed by atoms with Gasteiger partial charge in [0.15, 0.2) is 0 Å². The van der Waals surface area contributed by atoms with E-state index in [1.54, 1.807) is 0 Å². The summed E-state index contributed by atoms with van der Waals surface area (Å²) in [7, 11) is 2.20. The first-order valence-corrected chi connectivity index (χ1v) is 7.58. The first-order valence-electron chi connectivity index (χ1n) is 7.21. The number of esters is 2. The van der Waals surface area contributed by atoms with Crippen LogP contribution in [0.5, 0.6) is 5.75 Å². The summed E-state index contributed by atoms with van der Waals surface area (Å²) in [6.45, 7) is 1.46. The Morgan fingerprint density at radius 1 is 1.08 bits per heavy atom. The second kappa shape index (κ2) is 7.40. The second-order valence-corrected chi connectivity index (χ2v) is 5.58. The number of hydrogen-bond acceptors (Lipinski definition) is 7. The number of carbonyl (C=O) groups excluding carboxylic acids is 2. The number of nitrogens with zero attached hydrogens (tertiary/aromatic N) is 1. The molecule has 1 N–H and O–H groups in total. The van der Waals surface area contributed by atoms with Crippen molar-refractivity contribution < 1.29 is 29.1 Å². The monoisotopic (exact) mass is 379 g/mol. The predicted molar refractivity (Wildman–Crippen MR) is 92.6 cm³/mol. The summed E-state index contributed by atoms with van der Waals surface area (Å²) in [4.78, 5) is 34.7. The standard InChI is InChI=1S/C17H14ClNO7/c1-8-14(18)11(9-4-6-10(7-5-9)19(23)24)12(16(21)25-2)13(15(8)20)17(22)26-3/h4-7,20H,1-3H3. The number of ether oxygens (including phenoxy) is 2.